The Morgan fingerprint density at radius 3 is 2.76 bits per heavy atom. The van der Waals surface area contributed by atoms with E-state index in [1.54, 1.807) is 12.1 Å². The number of ether oxygens (including phenoxy) is 1. The summed E-state index contributed by atoms with van der Waals surface area (Å²) >= 11 is 0. The Morgan fingerprint density at radius 1 is 1.41 bits per heavy atom. The molecular formula is C11H14N4O2. The van der Waals surface area contributed by atoms with Crippen LogP contribution in [0.2, 0.25) is 0 Å². The molecule has 1 aliphatic heterocycles. The zero-order valence-corrected chi connectivity index (χ0v) is 9.51. The van der Waals surface area contributed by atoms with Gasteiger partial charge in [0.25, 0.3) is 0 Å². The predicted molar refractivity (Wildman–Crippen MR) is 60.6 cm³/mol. The van der Waals surface area contributed by atoms with Gasteiger partial charge in [0.15, 0.2) is 5.69 Å². The summed E-state index contributed by atoms with van der Waals surface area (Å²) in [5, 5.41) is 14.5. The van der Waals surface area contributed by atoms with Gasteiger partial charge in [-0.2, -0.15) is 0 Å². The quantitative estimate of drug-likeness (QED) is 0.711. The molecule has 0 spiro atoms. The highest BCUT2D eigenvalue weighted by Gasteiger charge is 2.53. The molecule has 2 unspecified atom stereocenters. The minimum Gasteiger partial charge on any atom is -0.464 e. The number of hydrogen-bond acceptors (Lipinski definition) is 6. The van der Waals surface area contributed by atoms with Crippen molar-refractivity contribution in [3.05, 3.63) is 17.8 Å². The lowest BCUT2D eigenvalue weighted by molar-refractivity contribution is 0.0593. The lowest BCUT2D eigenvalue weighted by Crippen LogP contribution is -2.22. The molecule has 1 aliphatic carbocycles. The van der Waals surface area contributed by atoms with Crippen LogP contribution in [0, 0.1) is 11.8 Å². The first-order valence-corrected chi connectivity index (χ1v) is 5.69. The zero-order chi connectivity index (χ0) is 11.8. The lowest BCUT2D eigenvalue weighted by atomic mass is 10.3. The summed E-state index contributed by atoms with van der Waals surface area (Å²) in [4.78, 5) is 11.2. The molecule has 3 rings (SSSR count). The molecule has 0 bridgehead atoms. The van der Waals surface area contributed by atoms with Crippen molar-refractivity contribution >= 4 is 11.8 Å². The average Bonchev–Trinajstić information content (AvgIpc) is 2.80. The molecular weight excluding hydrogens is 220 g/mol. The molecule has 6 nitrogen and oxygen atoms in total. The highest BCUT2D eigenvalue weighted by atomic mass is 16.5. The third-order valence-electron chi connectivity index (χ3n) is 3.47. The molecule has 1 aromatic heterocycles. The van der Waals surface area contributed by atoms with Crippen LogP contribution in [0.5, 0.6) is 0 Å². The summed E-state index contributed by atoms with van der Waals surface area (Å²) in [6, 6.07) is 3.90. The molecule has 1 aromatic rings. The number of nitrogens with one attached hydrogen (secondary N) is 2. The van der Waals surface area contributed by atoms with E-state index < -0.39 is 5.97 Å². The minimum absolute atomic E-state index is 0.232. The number of carbonyl (C=O) groups is 1. The van der Waals surface area contributed by atoms with E-state index in [4.69, 9.17) is 0 Å². The van der Waals surface area contributed by atoms with Crippen LogP contribution >= 0.6 is 0 Å². The molecule has 17 heavy (non-hydrogen) atoms. The molecule has 2 aliphatic rings. The Kier molecular flexibility index (Phi) is 2.44. The van der Waals surface area contributed by atoms with E-state index in [2.05, 4.69) is 25.6 Å². The normalized spacial score (nSPS) is 29.6. The van der Waals surface area contributed by atoms with Gasteiger partial charge in [-0.1, -0.05) is 0 Å². The number of carbonyl (C=O) groups excluding carboxylic acids is 1. The Morgan fingerprint density at radius 2 is 2.18 bits per heavy atom. The minimum atomic E-state index is -0.462. The van der Waals surface area contributed by atoms with Crippen molar-refractivity contribution in [2.24, 2.45) is 11.8 Å². The molecule has 90 valence electrons. The number of hydrogen-bond donors (Lipinski definition) is 2. The molecule has 0 radical (unpaired) electrons. The fourth-order valence-corrected chi connectivity index (χ4v) is 2.43. The first-order valence-electron chi connectivity index (χ1n) is 5.69. The van der Waals surface area contributed by atoms with Crippen molar-refractivity contribution in [3.63, 3.8) is 0 Å². The van der Waals surface area contributed by atoms with Gasteiger partial charge in [-0.3, -0.25) is 0 Å². The second kappa shape index (κ2) is 3.96. The number of methoxy groups -OCH3 is 1. The number of anilines is 1. The number of piperidine rings is 1. The Bertz CT molecular complexity index is 424. The second-order valence-electron chi connectivity index (χ2n) is 4.45. The van der Waals surface area contributed by atoms with Crippen LogP contribution in [0.25, 0.3) is 0 Å². The fraction of sp³-hybridized carbons (Fsp3) is 0.545. The van der Waals surface area contributed by atoms with Crippen molar-refractivity contribution in [1.82, 2.24) is 15.5 Å². The third kappa shape index (κ3) is 1.84. The van der Waals surface area contributed by atoms with Crippen LogP contribution in [0.3, 0.4) is 0 Å². The van der Waals surface area contributed by atoms with Gasteiger partial charge in [0, 0.05) is 19.1 Å². The van der Waals surface area contributed by atoms with Gasteiger partial charge in [0.2, 0.25) is 0 Å². The van der Waals surface area contributed by atoms with Crippen LogP contribution in [0.1, 0.15) is 10.5 Å². The molecule has 0 aromatic carbocycles. The van der Waals surface area contributed by atoms with Gasteiger partial charge in [0.1, 0.15) is 5.82 Å². The van der Waals surface area contributed by atoms with Gasteiger partial charge >= 0.3 is 5.97 Å². The van der Waals surface area contributed by atoms with Crippen molar-refractivity contribution in [1.29, 1.82) is 0 Å². The molecule has 2 fully saturated rings. The topological polar surface area (TPSA) is 76.1 Å². The number of rotatable bonds is 3. The van der Waals surface area contributed by atoms with Gasteiger partial charge in [0.05, 0.1) is 7.11 Å². The number of esters is 1. The Labute approximate surface area is 98.8 Å². The largest absolute Gasteiger partial charge is 0.464 e. The molecule has 2 heterocycles. The van der Waals surface area contributed by atoms with E-state index in [1.807, 2.05) is 0 Å². The standard InChI is InChI=1S/C11H14N4O2/c1-17-11(16)8-2-3-9(15-14-8)13-10-6-4-12-5-7(6)10/h2-3,6-7,10,12H,4-5H2,1H3,(H,13,15). The summed E-state index contributed by atoms with van der Waals surface area (Å²) in [5.74, 6) is 1.70. The van der Waals surface area contributed by atoms with Crippen molar-refractivity contribution < 1.29 is 9.53 Å². The van der Waals surface area contributed by atoms with Gasteiger partial charge in [-0.05, 0) is 24.0 Å². The van der Waals surface area contributed by atoms with Crippen LogP contribution in [0.4, 0.5) is 5.82 Å². The molecule has 0 amide bonds. The van der Waals surface area contributed by atoms with Gasteiger partial charge in [-0.15, -0.1) is 10.2 Å². The van der Waals surface area contributed by atoms with Crippen molar-refractivity contribution in [2.45, 2.75) is 6.04 Å². The summed E-state index contributed by atoms with van der Waals surface area (Å²) in [7, 11) is 1.33. The monoisotopic (exact) mass is 234 g/mol. The van der Waals surface area contributed by atoms with Crippen LogP contribution < -0.4 is 10.6 Å². The summed E-state index contributed by atoms with van der Waals surface area (Å²) in [6.45, 7) is 2.16. The van der Waals surface area contributed by atoms with Crippen LogP contribution in [0.15, 0.2) is 12.1 Å². The van der Waals surface area contributed by atoms with Gasteiger partial charge in [-0.25, -0.2) is 4.79 Å². The lowest BCUT2D eigenvalue weighted by Gasteiger charge is -2.07. The maximum atomic E-state index is 11.2. The second-order valence-corrected chi connectivity index (χ2v) is 4.45. The smallest absolute Gasteiger partial charge is 0.358 e. The van der Waals surface area contributed by atoms with E-state index in [0.29, 0.717) is 6.04 Å². The Hall–Kier alpha value is -1.69. The maximum Gasteiger partial charge on any atom is 0.358 e. The maximum absolute atomic E-state index is 11.2. The molecule has 1 saturated heterocycles. The number of nitrogens with zero attached hydrogens (tertiary/aromatic N) is 2. The molecule has 2 N–H and O–H groups in total. The number of aromatic nitrogens is 2. The highest BCUT2D eigenvalue weighted by molar-refractivity contribution is 5.86. The van der Waals surface area contributed by atoms with Crippen molar-refractivity contribution in [2.75, 3.05) is 25.5 Å². The summed E-state index contributed by atoms with van der Waals surface area (Å²) < 4.78 is 4.56. The first kappa shape index (κ1) is 10.5. The highest BCUT2D eigenvalue weighted by Crippen LogP contribution is 2.43. The third-order valence-corrected chi connectivity index (χ3v) is 3.47. The van der Waals surface area contributed by atoms with E-state index in [1.165, 1.54) is 7.11 Å². The zero-order valence-electron chi connectivity index (χ0n) is 9.51. The van der Waals surface area contributed by atoms with E-state index >= 15 is 0 Å². The van der Waals surface area contributed by atoms with Gasteiger partial charge < -0.3 is 15.4 Å². The molecule has 2 atom stereocenters. The fourth-order valence-electron chi connectivity index (χ4n) is 2.43. The van der Waals surface area contributed by atoms with E-state index in [0.717, 1.165) is 30.7 Å². The first-order chi connectivity index (χ1) is 8.29. The van der Waals surface area contributed by atoms with Crippen molar-refractivity contribution in [3.8, 4) is 0 Å². The van der Waals surface area contributed by atoms with E-state index in [9.17, 15) is 4.79 Å². The summed E-state index contributed by atoms with van der Waals surface area (Å²) in [5.41, 5.74) is 0.232. The van der Waals surface area contributed by atoms with E-state index in [-0.39, 0.29) is 5.69 Å². The SMILES string of the molecule is COC(=O)c1ccc(NC2C3CNCC32)nn1. The Balaban J connectivity index is 1.63. The summed E-state index contributed by atoms with van der Waals surface area (Å²) in [6.07, 6.45) is 0. The molecule has 1 saturated carbocycles. The molecule has 6 heteroatoms. The predicted octanol–water partition coefficient (Wildman–Crippen LogP) is -0.107. The average molecular weight is 234 g/mol. The van der Waals surface area contributed by atoms with Crippen LogP contribution in [-0.4, -0.2) is 42.4 Å². The van der Waals surface area contributed by atoms with Crippen LogP contribution in [-0.2, 0) is 4.74 Å². The number of fused-ring (bicyclic) bond motifs is 1.